The van der Waals surface area contributed by atoms with E-state index in [1.165, 1.54) is 16.5 Å². The first-order valence-corrected chi connectivity index (χ1v) is 12.3. The number of carbonyl (C=O) groups is 1. The van der Waals surface area contributed by atoms with Crippen LogP contribution in [0.4, 0.5) is 0 Å². The Morgan fingerprint density at radius 2 is 2.03 bits per heavy atom. The van der Waals surface area contributed by atoms with Gasteiger partial charge in [0, 0.05) is 69.2 Å². The highest BCUT2D eigenvalue weighted by Gasteiger charge is 2.40. The minimum atomic E-state index is -0.164. The zero-order valence-electron chi connectivity index (χ0n) is 20.1. The third kappa shape index (κ3) is 4.55. The van der Waals surface area contributed by atoms with Crippen molar-refractivity contribution in [1.29, 1.82) is 0 Å². The van der Waals surface area contributed by atoms with Gasteiger partial charge in [0.2, 0.25) is 5.91 Å². The molecule has 1 saturated heterocycles. The summed E-state index contributed by atoms with van der Waals surface area (Å²) in [4.78, 5) is 28.4. The van der Waals surface area contributed by atoms with E-state index >= 15 is 0 Å². The molecule has 1 saturated carbocycles. The Morgan fingerprint density at radius 3 is 2.79 bits per heavy atom. The first-order chi connectivity index (χ1) is 16.6. The second kappa shape index (κ2) is 9.76. The fraction of sp³-hybridized carbons (Fsp3) is 0.481. The number of amides is 1. The van der Waals surface area contributed by atoms with Gasteiger partial charge in [0.05, 0.1) is 12.5 Å². The van der Waals surface area contributed by atoms with E-state index in [9.17, 15) is 9.59 Å². The fourth-order valence-corrected chi connectivity index (χ4v) is 5.30. The van der Waals surface area contributed by atoms with Crippen molar-refractivity contribution >= 4 is 16.8 Å². The van der Waals surface area contributed by atoms with Crippen LogP contribution in [0.1, 0.15) is 36.3 Å². The molecule has 0 unspecified atom stereocenters. The molecule has 0 radical (unpaired) electrons. The number of aromatic nitrogens is 2. The van der Waals surface area contributed by atoms with Crippen LogP contribution in [0, 0.1) is 5.92 Å². The van der Waals surface area contributed by atoms with Crippen LogP contribution in [0.15, 0.2) is 53.6 Å². The van der Waals surface area contributed by atoms with Gasteiger partial charge >= 0.3 is 0 Å². The van der Waals surface area contributed by atoms with E-state index in [1.54, 1.807) is 24.8 Å². The van der Waals surface area contributed by atoms with Crippen LogP contribution in [0.3, 0.4) is 0 Å². The molecule has 1 aromatic carbocycles. The highest BCUT2D eigenvalue weighted by Crippen LogP contribution is 2.36. The number of methoxy groups -OCH3 is 1. The molecule has 5 rings (SSSR count). The number of aryl methyl sites for hydroxylation is 1. The van der Waals surface area contributed by atoms with Crippen molar-refractivity contribution in [3.05, 3.63) is 70.3 Å². The molecule has 1 aliphatic heterocycles. The minimum Gasteiger partial charge on any atom is -0.383 e. The summed E-state index contributed by atoms with van der Waals surface area (Å²) in [7, 11) is 3.48. The molecule has 1 aliphatic carbocycles. The van der Waals surface area contributed by atoms with Gasteiger partial charge in [-0.2, -0.15) is 0 Å². The molecule has 0 bridgehead atoms. The number of nitrogens with zero attached hydrogens (tertiary/aromatic N) is 3. The van der Waals surface area contributed by atoms with Crippen molar-refractivity contribution in [3.8, 4) is 0 Å². The SMILES string of the molecule is COCCn1cc(CN(C(=O)[C@H]2CNCC[C@@H]2c2ccn(C)c(=O)c2)C2CC2)c2ccccc21. The number of fused-ring (bicyclic) bond motifs is 1. The van der Waals surface area contributed by atoms with Crippen LogP contribution in [-0.2, 0) is 29.7 Å². The summed E-state index contributed by atoms with van der Waals surface area (Å²) in [6, 6.07) is 12.4. The Labute approximate surface area is 200 Å². The lowest BCUT2D eigenvalue weighted by Gasteiger charge is -2.35. The molecular formula is C27H34N4O3. The molecule has 1 amide bonds. The number of benzene rings is 1. The smallest absolute Gasteiger partial charge is 0.250 e. The van der Waals surface area contributed by atoms with Gasteiger partial charge in [0.1, 0.15) is 0 Å². The van der Waals surface area contributed by atoms with Crippen LogP contribution in [0.2, 0.25) is 0 Å². The van der Waals surface area contributed by atoms with Crippen molar-refractivity contribution in [2.45, 2.75) is 44.3 Å². The monoisotopic (exact) mass is 462 g/mol. The predicted molar refractivity (Wildman–Crippen MR) is 133 cm³/mol. The standard InChI is InChI=1S/C27H34N4O3/c1-29-12-10-19(15-26(29)32)22-9-11-28-16-24(22)27(33)31(21-7-8-21)18-20-17-30(13-14-34-2)25-6-4-3-5-23(20)25/h3-6,10,12,15,17,21-22,24,28H,7-9,11,13-14,16,18H2,1-2H3/t22-,24+/m1/s1. The summed E-state index contributed by atoms with van der Waals surface area (Å²) >= 11 is 0. The molecule has 7 heteroatoms. The Kier molecular flexibility index (Phi) is 6.57. The van der Waals surface area contributed by atoms with Crippen molar-refractivity contribution in [1.82, 2.24) is 19.4 Å². The number of carbonyl (C=O) groups excluding carboxylic acids is 1. The van der Waals surface area contributed by atoms with Crippen molar-refractivity contribution in [3.63, 3.8) is 0 Å². The third-order valence-electron chi connectivity index (χ3n) is 7.37. The van der Waals surface area contributed by atoms with Gasteiger partial charge in [-0.25, -0.2) is 0 Å². The second-order valence-electron chi connectivity index (χ2n) is 9.67. The lowest BCUT2D eigenvalue weighted by molar-refractivity contribution is -0.138. The number of para-hydroxylation sites is 1. The molecule has 180 valence electrons. The van der Waals surface area contributed by atoms with Gasteiger partial charge in [-0.15, -0.1) is 0 Å². The minimum absolute atomic E-state index is 0.0230. The van der Waals surface area contributed by atoms with Gasteiger partial charge in [-0.3, -0.25) is 9.59 Å². The van der Waals surface area contributed by atoms with Crippen LogP contribution in [0.25, 0.3) is 10.9 Å². The van der Waals surface area contributed by atoms with Crippen molar-refractivity contribution in [2.75, 3.05) is 26.8 Å². The molecule has 7 nitrogen and oxygen atoms in total. The first kappa shape index (κ1) is 22.9. The lowest BCUT2D eigenvalue weighted by atomic mass is 9.80. The predicted octanol–water partition coefficient (Wildman–Crippen LogP) is 2.87. The largest absolute Gasteiger partial charge is 0.383 e. The van der Waals surface area contributed by atoms with E-state index in [2.05, 4.69) is 45.2 Å². The van der Waals surface area contributed by atoms with E-state index in [1.807, 2.05) is 12.3 Å². The van der Waals surface area contributed by atoms with E-state index in [0.29, 0.717) is 25.7 Å². The molecule has 1 N–H and O–H groups in total. The fourth-order valence-electron chi connectivity index (χ4n) is 5.30. The maximum Gasteiger partial charge on any atom is 0.250 e. The topological polar surface area (TPSA) is 68.5 Å². The summed E-state index contributed by atoms with van der Waals surface area (Å²) in [5.74, 6) is 0.101. The van der Waals surface area contributed by atoms with Gasteiger partial charge < -0.3 is 24.1 Å². The molecular weight excluding hydrogens is 428 g/mol. The number of hydrogen-bond acceptors (Lipinski definition) is 4. The summed E-state index contributed by atoms with van der Waals surface area (Å²) < 4.78 is 9.12. The summed E-state index contributed by atoms with van der Waals surface area (Å²) in [6.45, 7) is 3.56. The molecule has 3 heterocycles. The summed E-state index contributed by atoms with van der Waals surface area (Å²) in [6.07, 6.45) is 6.98. The van der Waals surface area contributed by atoms with Crippen molar-refractivity contribution < 1.29 is 9.53 Å². The number of ether oxygens (including phenoxy) is 1. The maximum atomic E-state index is 14.0. The Bertz CT molecular complexity index is 1230. The average molecular weight is 463 g/mol. The maximum absolute atomic E-state index is 14.0. The summed E-state index contributed by atoms with van der Waals surface area (Å²) in [5.41, 5.74) is 3.32. The summed E-state index contributed by atoms with van der Waals surface area (Å²) in [5, 5.41) is 4.62. The molecule has 2 fully saturated rings. The number of hydrogen-bond donors (Lipinski definition) is 1. The zero-order valence-corrected chi connectivity index (χ0v) is 20.1. The number of piperidine rings is 1. The average Bonchev–Trinajstić information content (AvgIpc) is 3.65. The second-order valence-corrected chi connectivity index (χ2v) is 9.67. The Hall–Kier alpha value is -2.90. The molecule has 3 aromatic rings. The zero-order chi connectivity index (χ0) is 23.7. The van der Waals surface area contributed by atoms with Crippen LogP contribution in [0.5, 0.6) is 0 Å². The van der Waals surface area contributed by atoms with E-state index < -0.39 is 0 Å². The molecule has 2 aromatic heterocycles. The highest BCUT2D eigenvalue weighted by atomic mass is 16.5. The van der Waals surface area contributed by atoms with Gasteiger partial charge in [0.25, 0.3) is 5.56 Å². The van der Waals surface area contributed by atoms with Gasteiger partial charge in [0.15, 0.2) is 0 Å². The van der Waals surface area contributed by atoms with Crippen LogP contribution >= 0.6 is 0 Å². The number of rotatable bonds is 8. The molecule has 2 aliphatic rings. The normalized spacial score (nSPS) is 20.5. The quantitative estimate of drug-likeness (QED) is 0.559. The van der Waals surface area contributed by atoms with Gasteiger partial charge in [-0.1, -0.05) is 18.2 Å². The Morgan fingerprint density at radius 1 is 1.21 bits per heavy atom. The molecule has 2 atom stereocenters. The molecule has 0 spiro atoms. The third-order valence-corrected chi connectivity index (χ3v) is 7.37. The van der Waals surface area contributed by atoms with Crippen LogP contribution in [-0.4, -0.2) is 52.8 Å². The number of nitrogens with one attached hydrogen (secondary N) is 1. The van der Waals surface area contributed by atoms with E-state index in [-0.39, 0.29) is 23.3 Å². The molecule has 34 heavy (non-hydrogen) atoms. The van der Waals surface area contributed by atoms with Crippen molar-refractivity contribution in [2.24, 2.45) is 13.0 Å². The first-order valence-electron chi connectivity index (χ1n) is 12.3. The Balaban J connectivity index is 1.43. The number of pyridine rings is 1. The highest BCUT2D eigenvalue weighted by molar-refractivity contribution is 5.85. The lowest BCUT2D eigenvalue weighted by Crippen LogP contribution is -2.47. The van der Waals surface area contributed by atoms with E-state index in [0.717, 1.165) is 37.9 Å². The van der Waals surface area contributed by atoms with E-state index in [4.69, 9.17) is 4.74 Å². The van der Waals surface area contributed by atoms with Gasteiger partial charge in [-0.05, 0) is 55.0 Å². The van der Waals surface area contributed by atoms with Crippen LogP contribution < -0.4 is 10.9 Å².